The molecular weight excluding hydrogens is 320 g/mol. The Balaban J connectivity index is 1.64. The average Bonchev–Trinajstić information content (AvgIpc) is 3.16. The second-order valence-corrected chi connectivity index (χ2v) is 7.71. The van der Waals surface area contributed by atoms with Gasteiger partial charge in [0.05, 0.1) is 12.0 Å². The quantitative estimate of drug-likeness (QED) is 0.606. The van der Waals surface area contributed by atoms with Gasteiger partial charge in [0.1, 0.15) is 23.9 Å². The molecular formula is C19H22N2O2S. The van der Waals surface area contributed by atoms with Crippen LogP contribution in [0.15, 0.2) is 6.33 Å². The predicted octanol–water partition coefficient (Wildman–Crippen LogP) is 4.08. The zero-order valence-electron chi connectivity index (χ0n) is 13.8. The van der Waals surface area contributed by atoms with Gasteiger partial charge in [-0.05, 0) is 44.1 Å². The highest BCUT2D eigenvalue weighted by Crippen LogP contribution is 2.46. The monoisotopic (exact) mass is 342 g/mol. The fourth-order valence-electron chi connectivity index (χ4n) is 3.90. The Morgan fingerprint density at radius 2 is 2.08 bits per heavy atom. The van der Waals surface area contributed by atoms with Gasteiger partial charge in [-0.1, -0.05) is 12.3 Å². The topological polar surface area (TPSA) is 44.2 Å². The Kier molecular flexibility index (Phi) is 4.68. The first-order chi connectivity index (χ1) is 11.9. The number of hydrogen-bond donors (Lipinski definition) is 0. The van der Waals surface area contributed by atoms with Crippen molar-refractivity contribution in [2.75, 3.05) is 13.2 Å². The maximum Gasteiger partial charge on any atom is 0.225 e. The van der Waals surface area contributed by atoms with E-state index in [0.29, 0.717) is 25.2 Å². The fraction of sp³-hybridized carbons (Fsp3) is 0.579. The fourth-order valence-corrected chi connectivity index (χ4v) is 5.13. The van der Waals surface area contributed by atoms with E-state index in [-0.39, 0.29) is 0 Å². The standard InChI is InChI=1S/C19H22N2O2S/c1-2-10-22-11-13-8-9-15-16(13)17-18(20-12-21-19(17)24-15)23-14-6-4-3-5-7-14/h1,12-14H,3-11H2/t13-/m1/s1. The van der Waals surface area contributed by atoms with Crippen LogP contribution in [0.4, 0.5) is 0 Å². The molecule has 1 atom stereocenters. The molecule has 1 saturated carbocycles. The highest BCUT2D eigenvalue weighted by molar-refractivity contribution is 7.19. The molecule has 0 amide bonds. The normalized spacial score (nSPS) is 20.9. The van der Waals surface area contributed by atoms with E-state index in [1.54, 1.807) is 17.7 Å². The third kappa shape index (κ3) is 3.01. The molecule has 0 unspecified atom stereocenters. The summed E-state index contributed by atoms with van der Waals surface area (Å²) < 4.78 is 11.9. The molecule has 0 saturated heterocycles. The van der Waals surface area contributed by atoms with Gasteiger partial charge >= 0.3 is 0 Å². The smallest absolute Gasteiger partial charge is 0.225 e. The zero-order valence-corrected chi connectivity index (χ0v) is 14.6. The summed E-state index contributed by atoms with van der Waals surface area (Å²) in [7, 11) is 0. The van der Waals surface area contributed by atoms with E-state index in [2.05, 4.69) is 15.9 Å². The van der Waals surface area contributed by atoms with E-state index >= 15 is 0 Å². The lowest BCUT2D eigenvalue weighted by Gasteiger charge is -2.23. The van der Waals surface area contributed by atoms with Gasteiger partial charge in [0.15, 0.2) is 0 Å². The Hall–Kier alpha value is -1.64. The molecule has 0 aromatic carbocycles. The lowest BCUT2D eigenvalue weighted by Crippen LogP contribution is -2.20. The molecule has 0 N–H and O–H groups in total. The van der Waals surface area contributed by atoms with Gasteiger partial charge < -0.3 is 9.47 Å². The van der Waals surface area contributed by atoms with Crippen molar-refractivity contribution in [3.05, 3.63) is 16.8 Å². The summed E-state index contributed by atoms with van der Waals surface area (Å²) >= 11 is 1.78. The van der Waals surface area contributed by atoms with Gasteiger partial charge in [0, 0.05) is 10.8 Å². The van der Waals surface area contributed by atoms with Crippen molar-refractivity contribution in [2.45, 2.75) is 57.0 Å². The molecule has 1 fully saturated rings. The molecule has 2 aromatic rings. The van der Waals surface area contributed by atoms with Crippen LogP contribution in [0.3, 0.4) is 0 Å². The molecule has 0 radical (unpaired) electrons. The number of fused-ring (bicyclic) bond motifs is 3. The minimum atomic E-state index is 0.296. The van der Waals surface area contributed by atoms with Crippen molar-refractivity contribution in [1.82, 2.24) is 9.97 Å². The SMILES string of the molecule is C#CCOC[C@H]1CCc2sc3ncnc(OC4CCCCC4)c3c21. The van der Waals surface area contributed by atoms with E-state index in [0.717, 1.165) is 41.8 Å². The van der Waals surface area contributed by atoms with Crippen LogP contribution in [0.2, 0.25) is 0 Å². The number of aromatic nitrogens is 2. The van der Waals surface area contributed by atoms with E-state index in [9.17, 15) is 0 Å². The van der Waals surface area contributed by atoms with Crippen molar-refractivity contribution >= 4 is 21.6 Å². The van der Waals surface area contributed by atoms with Gasteiger partial charge in [0.25, 0.3) is 0 Å². The van der Waals surface area contributed by atoms with Crippen molar-refractivity contribution in [3.63, 3.8) is 0 Å². The van der Waals surface area contributed by atoms with Crippen LogP contribution < -0.4 is 4.74 Å². The minimum Gasteiger partial charge on any atom is -0.474 e. The Morgan fingerprint density at radius 3 is 2.92 bits per heavy atom. The van der Waals surface area contributed by atoms with Crippen LogP contribution >= 0.6 is 11.3 Å². The van der Waals surface area contributed by atoms with E-state index in [4.69, 9.17) is 15.9 Å². The van der Waals surface area contributed by atoms with Gasteiger partial charge in [-0.3, -0.25) is 0 Å². The average molecular weight is 342 g/mol. The van der Waals surface area contributed by atoms with Gasteiger partial charge in [-0.25, -0.2) is 9.97 Å². The van der Waals surface area contributed by atoms with Crippen LogP contribution in [0.25, 0.3) is 10.2 Å². The summed E-state index contributed by atoms with van der Waals surface area (Å²) in [4.78, 5) is 11.4. The van der Waals surface area contributed by atoms with Gasteiger partial charge in [0.2, 0.25) is 5.88 Å². The Morgan fingerprint density at radius 1 is 1.21 bits per heavy atom. The maximum atomic E-state index is 6.31. The van der Waals surface area contributed by atoms with Crippen LogP contribution in [0, 0.1) is 12.3 Å². The van der Waals surface area contributed by atoms with Crippen LogP contribution in [-0.2, 0) is 11.2 Å². The predicted molar refractivity (Wildman–Crippen MR) is 95.6 cm³/mol. The highest BCUT2D eigenvalue weighted by Gasteiger charge is 2.30. The number of rotatable bonds is 5. The summed E-state index contributed by atoms with van der Waals surface area (Å²) in [5, 5.41) is 1.12. The Bertz CT molecular complexity index is 759. The molecule has 2 aliphatic carbocycles. The van der Waals surface area contributed by atoms with Crippen molar-refractivity contribution < 1.29 is 9.47 Å². The molecule has 0 spiro atoms. The molecule has 2 aliphatic rings. The molecule has 126 valence electrons. The molecule has 0 aliphatic heterocycles. The molecule has 0 bridgehead atoms. The summed E-state index contributed by atoms with van der Waals surface area (Å²) in [5.74, 6) is 3.69. The molecule has 4 nitrogen and oxygen atoms in total. The summed E-state index contributed by atoms with van der Waals surface area (Å²) in [6.07, 6.45) is 15.5. The summed E-state index contributed by atoms with van der Waals surface area (Å²) in [6.45, 7) is 1.04. The molecule has 5 heteroatoms. The number of nitrogens with zero attached hydrogens (tertiary/aromatic N) is 2. The van der Waals surface area contributed by atoms with Crippen molar-refractivity contribution in [3.8, 4) is 18.2 Å². The van der Waals surface area contributed by atoms with Gasteiger partial charge in [-0.15, -0.1) is 17.8 Å². The number of hydrogen-bond acceptors (Lipinski definition) is 5. The van der Waals surface area contributed by atoms with E-state index in [1.165, 1.54) is 29.7 Å². The first-order valence-corrected chi connectivity index (χ1v) is 9.62. The van der Waals surface area contributed by atoms with Crippen LogP contribution in [0.5, 0.6) is 5.88 Å². The lowest BCUT2D eigenvalue weighted by molar-refractivity contribution is 0.148. The first-order valence-electron chi connectivity index (χ1n) is 8.81. The molecule has 2 aromatic heterocycles. The van der Waals surface area contributed by atoms with Crippen LogP contribution in [0.1, 0.15) is 54.9 Å². The number of ether oxygens (including phenoxy) is 2. The van der Waals surface area contributed by atoms with Crippen LogP contribution in [-0.4, -0.2) is 29.3 Å². The largest absolute Gasteiger partial charge is 0.474 e. The number of thiophene rings is 1. The number of aryl methyl sites for hydroxylation is 1. The molecule has 2 heterocycles. The maximum absolute atomic E-state index is 6.31. The Labute approximate surface area is 146 Å². The number of terminal acetylenes is 1. The summed E-state index contributed by atoms with van der Waals surface area (Å²) in [5.41, 5.74) is 1.35. The van der Waals surface area contributed by atoms with Crippen molar-refractivity contribution in [1.29, 1.82) is 0 Å². The highest BCUT2D eigenvalue weighted by atomic mass is 32.1. The second-order valence-electron chi connectivity index (χ2n) is 6.63. The minimum absolute atomic E-state index is 0.296. The van der Waals surface area contributed by atoms with Crippen molar-refractivity contribution in [2.24, 2.45) is 0 Å². The van der Waals surface area contributed by atoms with Gasteiger partial charge in [-0.2, -0.15) is 0 Å². The molecule has 4 rings (SSSR count). The third-order valence-electron chi connectivity index (χ3n) is 5.03. The van der Waals surface area contributed by atoms with E-state index < -0.39 is 0 Å². The lowest BCUT2D eigenvalue weighted by atomic mass is 9.97. The second kappa shape index (κ2) is 7.08. The first kappa shape index (κ1) is 15.9. The molecule has 24 heavy (non-hydrogen) atoms. The summed E-state index contributed by atoms with van der Waals surface area (Å²) in [6, 6.07) is 0. The van der Waals surface area contributed by atoms with E-state index in [1.807, 2.05) is 0 Å². The third-order valence-corrected chi connectivity index (χ3v) is 6.20. The zero-order chi connectivity index (χ0) is 16.4.